The quantitative estimate of drug-likeness (QED) is 0.283. The molecular weight excluding hydrogens is 420 g/mol. The van der Waals surface area contributed by atoms with Crippen molar-refractivity contribution in [2.75, 3.05) is 10.6 Å². The monoisotopic (exact) mass is 442 g/mol. The number of carbonyl (C=O) groups is 1. The van der Waals surface area contributed by atoms with Crippen LogP contribution in [0.3, 0.4) is 0 Å². The average molecular weight is 443 g/mol. The van der Waals surface area contributed by atoms with Crippen LogP contribution in [0.2, 0.25) is 0 Å². The normalized spacial score (nSPS) is 10.6. The molecule has 1 heterocycles. The highest BCUT2D eigenvalue weighted by atomic mass is 16.1. The Morgan fingerprint density at radius 2 is 1.53 bits per heavy atom. The van der Waals surface area contributed by atoms with Crippen LogP contribution in [0.15, 0.2) is 116 Å². The molecule has 0 saturated carbocycles. The maximum atomic E-state index is 11.8. The third-order valence-electron chi connectivity index (χ3n) is 5.51. The highest BCUT2D eigenvalue weighted by Gasteiger charge is 2.11. The van der Waals surface area contributed by atoms with E-state index in [1.807, 2.05) is 60.8 Å². The Balaban J connectivity index is 1.53. The van der Waals surface area contributed by atoms with Gasteiger partial charge in [-0.15, -0.1) is 0 Å². The van der Waals surface area contributed by atoms with Crippen molar-refractivity contribution in [3.8, 4) is 22.3 Å². The first-order valence-electron chi connectivity index (χ1n) is 10.9. The fourth-order valence-electron chi connectivity index (χ4n) is 3.88. The van der Waals surface area contributed by atoms with Crippen LogP contribution in [0.25, 0.3) is 33.2 Å². The lowest BCUT2D eigenvalue weighted by Gasteiger charge is -2.12. The minimum absolute atomic E-state index is 0.248. The van der Waals surface area contributed by atoms with Gasteiger partial charge in [0, 0.05) is 34.2 Å². The zero-order chi connectivity index (χ0) is 23.3. The lowest BCUT2D eigenvalue weighted by Crippen LogP contribution is -2.07. The largest absolute Gasteiger partial charge is 0.356 e. The number of rotatable bonds is 6. The van der Waals surface area contributed by atoms with Gasteiger partial charge in [0.25, 0.3) is 0 Å². The van der Waals surface area contributed by atoms with E-state index in [1.165, 1.54) is 6.08 Å². The SMILES string of the molecule is C=CC(=O)Nc1cccc(-c2cc(-c3ccc(Nc4ccccc4)cc3)cc3cncnc23)c1. The van der Waals surface area contributed by atoms with Crippen LogP contribution in [0.5, 0.6) is 0 Å². The van der Waals surface area contributed by atoms with E-state index in [-0.39, 0.29) is 5.91 Å². The van der Waals surface area contributed by atoms with Gasteiger partial charge in [0.05, 0.1) is 5.52 Å². The van der Waals surface area contributed by atoms with Crippen LogP contribution in [-0.4, -0.2) is 15.9 Å². The van der Waals surface area contributed by atoms with Gasteiger partial charge in [-0.25, -0.2) is 9.97 Å². The number of amides is 1. The van der Waals surface area contributed by atoms with Crippen LogP contribution in [0.1, 0.15) is 0 Å². The smallest absolute Gasteiger partial charge is 0.247 e. The highest BCUT2D eigenvalue weighted by molar-refractivity contribution is 6.01. The molecule has 1 amide bonds. The summed E-state index contributed by atoms with van der Waals surface area (Å²) in [5.41, 5.74) is 7.69. The van der Waals surface area contributed by atoms with E-state index in [0.717, 1.165) is 44.5 Å². The number of benzene rings is 4. The Morgan fingerprint density at radius 1 is 0.765 bits per heavy atom. The number of fused-ring (bicyclic) bond motifs is 1. The van der Waals surface area contributed by atoms with Gasteiger partial charge in [0.1, 0.15) is 6.33 Å². The minimum atomic E-state index is -0.248. The molecule has 5 heteroatoms. The number of hydrogen-bond donors (Lipinski definition) is 2. The molecule has 5 nitrogen and oxygen atoms in total. The van der Waals surface area contributed by atoms with Gasteiger partial charge in [-0.3, -0.25) is 4.79 Å². The standard InChI is InChI=1S/C29H22N4O/c1-2-28(34)33-26-10-6-7-21(16-26)27-17-22(15-23-18-30-19-31-29(23)27)20-11-13-25(14-12-20)32-24-8-4-3-5-9-24/h2-19,32H,1H2,(H,33,34). The third-order valence-corrected chi connectivity index (χ3v) is 5.51. The molecule has 0 spiro atoms. The molecular formula is C29H22N4O. The average Bonchev–Trinajstić information content (AvgIpc) is 2.89. The van der Waals surface area contributed by atoms with E-state index < -0.39 is 0 Å². The Bertz CT molecular complexity index is 1480. The second kappa shape index (κ2) is 9.38. The van der Waals surface area contributed by atoms with Gasteiger partial charge >= 0.3 is 0 Å². The number of carbonyl (C=O) groups excluding carboxylic acids is 1. The molecule has 164 valence electrons. The highest BCUT2D eigenvalue weighted by Crippen LogP contribution is 2.34. The Morgan fingerprint density at radius 3 is 2.32 bits per heavy atom. The van der Waals surface area contributed by atoms with Crippen molar-refractivity contribution in [3.05, 3.63) is 116 Å². The molecule has 2 N–H and O–H groups in total. The summed E-state index contributed by atoms with van der Waals surface area (Å²) >= 11 is 0. The molecule has 0 saturated heterocycles. The molecule has 1 aromatic heterocycles. The minimum Gasteiger partial charge on any atom is -0.356 e. The molecule has 0 fully saturated rings. The zero-order valence-corrected chi connectivity index (χ0v) is 18.4. The first kappa shape index (κ1) is 21.1. The number of nitrogens with one attached hydrogen (secondary N) is 2. The molecule has 0 unspecified atom stereocenters. The van der Waals surface area contributed by atoms with Crippen LogP contribution in [0.4, 0.5) is 17.1 Å². The molecule has 0 atom stereocenters. The molecule has 0 aliphatic carbocycles. The van der Waals surface area contributed by atoms with Crippen molar-refractivity contribution in [3.63, 3.8) is 0 Å². The summed E-state index contributed by atoms with van der Waals surface area (Å²) in [5, 5.41) is 7.19. The van der Waals surface area contributed by atoms with Crippen LogP contribution in [0, 0.1) is 0 Å². The van der Waals surface area contributed by atoms with Crippen LogP contribution >= 0.6 is 0 Å². The molecule has 5 aromatic rings. The van der Waals surface area contributed by atoms with Gasteiger partial charge in [-0.2, -0.15) is 0 Å². The number of nitrogens with zero attached hydrogens (tertiary/aromatic N) is 2. The van der Waals surface area contributed by atoms with Gasteiger partial charge in [-0.1, -0.05) is 49.0 Å². The first-order valence-corrected chi connectivity index (χ1v) is 10.9. The lowest BCUT2D eigenvalue weighted by molar-refractivity contribution is -0.111. The van der Waals surface area contributed by atoms with E-state index in [0.29, 0.717) is 5.69 Å². The lowest BCUT2D eigenvalue weighted by atomic mass is 9.95. The molecule has 0 aliphatic heterocycles. The predicted octanol–water partition coefficient (Wildman–Crippen LogP) is 6.83. The van der Waals surface area contributed by atoms with Crippen molar-refractivity contribution in [1.82, 2.24) is 9.97 Å². The molecule has 5 rings (SSSR count). The maximum Gasteiger partial charge on any atom is 0.247 e. The maximum absolute atomic E-state index is 11.8. The number of anilines is 3. The molecule has 4 aromatic carbocycles. The fourth-order valence-corrected chi connectivity index (χ4v) is 3.88. The fraction of sp³-hybridized carbons (Fsp3) is 0. The molecule has 0 radical (unpaired) electrons. The first-order chi connectivity index (χ1) is 16.7. The van der Waals surface area contributed by atoms with Gasteiger partial charge < -0.3 is 10.6 Å². The second-order valence-electron chi connectivity index (χ2n) is 7.83. The summed E-state index contributed by atoms with van der Waals surface area (Å²) in [6, 6.07) is 30.4. The van der Waals surface area contributed by atoms with Crippen LogP contribution in [-0.2, 0) is 4.79 Å². The van der Waals surface area contributed by atoms with Crippen LogP contribution < -0.4 is 10.6 Å². The van der Waals surface area contributed by atoms with Crippen molar-refractivity contribution in [2.45, 2.75) is 0 Å². The summed E-state index contributed by atoms with van der Waals surface area (Å²) in [4.78, 5) is 20.5. The topological polar surface area (TPSA) is 66.9 Å². The Kier molecular flexibility index (Phi) is 5.82. The van der Waals surface area contributed by atoms with Gasteiger partial charge in [0.15, 0.2) is 0 Å². The third kappa shape index (κ3) is 4.54. The summed E-state index contributed by atoms with van der Waals surface area (Å²) < 4.78 is 0. The molecule has 34 heavy (non-hydrogen) atoms. The molecule has 0 aliphatic rings. The van der Waals surface area contributed by atoms with Gasteiger partial charge in [0.2, 0.25) is 5.91 Å². The number of para-hydroxylation sites is 1. The summed E-state index contributed by atoms with van der Waals surface area (Å²) in [6.45, 7) is 3.52. The number of aromatic nitrogens is 2. The zero-order valence-electron chi connectivity index (χ0n) is 18.4. The Labute approximate surface area is 197 Å². The second-order valence-corrected chi connectivity index (χ2v) is 7.83. The Hall–Kier alpha value is -4.77. The summed E-state index contributed by atoms with van der Waals surface area (Å²) in [5.74, 6) is -0.248. The summed E-state index contributed by atoms with van der Waals surface area (Å²) in [7, 11) is 0. The van der Waals surface area contributed by atoms with E-state index in [2.05, 4.69) is 63.6 Å². The molecule has 0 bridgehead atoms. The van der Waals surface area contributed by atoms with E-state index in [4.69, 9.17) is 0 Å². The number of hydrogen-bond acceptors (Lipinski definition) is 4. The summed E-state index contributed by atoms with van der Waals surface area (Å²) in [6.07, 6.45) is 4.63. The van der Waals surface area contributed by atoms with Crippen molar-refractivity contribution in [2.24, 2.45) is 0 Å². The van der Waals surface area contributed by atoms with Crippen molar-refractivity contribution < 1.29 is 4.79 Å². The van der Waals surface area contributed by atoms with Crippen molar-refractivity contribution in [1.29, 1.82) is 0 Å². The van der Waals surface area contributed by atoms with Crippen molar-refractivity contribution >= 4 is 33.9 Å². The van der Waals surface area contributed by atoms with E-state index >= 15 is 0 Å². The van der Waals surface area contributed by atoms with E-state index in [9.17, 15) is 4.79 Å². The predicted molar refractivity (Wildman–Crippen MR) is 139 cm³/mol. The van der Waals surface area contributed by atoms with E-state index in [1.54, 1.807) is 6.33 Å². The van der Waals surface area contributed by atoms with Gasteiger partial charge in [-0.05, 0) is 71.3 Å².